The van der Waals surface area contributed by atoms with Gasteiger partial charge in [-0.1, -0.05) is 12.1 Å². The van der Waals surface area contributed by atoms with Gasteiger partial charge < -0.3 is 14.9 Å². The van der Waals surface area contributed by atoms with Crippen molar-refractivity contribution in [3.8, 4) is 0 Å². The van der Waals surface area contributed by atoms with Crippen LogP contribution in [0.1, 0.15) is 31.4 Å². The highest BCUT2D eigenvalue weighted by Crippen LogP contribution is 2.23. The van der Waals surface area contributed by atoms with Crippen LogP contribution in [0.15, 0.2) is 24.3 Å². The van der Waals surface area contributed by atoms with Crippen LogP contribution in [-0.2, 0) is 0 Å². The first-order valence-corrected chi connectivity index (χ1v) is 6.77. The van der Waals surface area contributed by atoms with Gasteiger partial charge >= 0.3 is 0 Å². The molecule has 1 aliphatic rings. The average Bonchev–Trinajstić information content (AvgIpc) is 2.39. The van der Waals surface area contributed by atoms with Gasteiger partial charge in [-0.3, -0.25) is 0 Å². The Kier molecular flexibility index (Phi) is 4.25. The molecule has 1 aromatic carbocycles. The zero-order valence-corrected chi connectivity index (χ0v) is 11.6. The quantitative estimate of drug-likeness (QED) is 0.889. The monoisotopic (exact) mass is 248 g/mol. The maximum Gasteiger partial charge on any atom is 0.0761 e. The maximum absolute atomic E-state index is 9.52. The fraction of sp³-hybridized carbons (Fsp3) is 0.600. The second-order valence-corrected chi connectivity index (χ2v) is 5.47. The molecule has 1 heterocycles. The second kappa shape index (κ2) is 5.72. The standard InChI is InChI=1S/C15H24N2O/c1-12(18)13-6-8-14(9-7-13)17-10-4-5-15(11-17)16(2)3/h6-9,12,15,18H,4-5,10-11H2,1-3H3/t12-,15?/m0/s1. The number of likely N-dealkylation sites (N-methyl/N-ethyl adjacent to an activating group) is 1. The molecule has 0 amide bonds. The fourth-order valence-corrected chi connectivity index (χ4v) is 2.57. The van der Waals surface area contributed by atoms with Crippen LogP contribution in [0.4, 0.5) is 5.69 Å². The van der Waals surface area contributed by atoms with Crippen LogP contribution in [0.2, 0.25) is 0 Å². The van der Waals surface area contributed by atoms with Gasteiger partial charge in [-0.2, -0.15) is 0 Å². The number of piperidine rings is 1. The molecule has 18 heavy (non-hydrogen) atoms. The summed E-state index contributed by atoms with van der Waals surface area (Å²) >= 11 is 0. The van der Waals surface area contributed by atoms with Crippen LogP contribution in [0, 0.1) is 0 Å². The van der Waals surface area contributed by atoms with Crippen molar-refractivity contribution in [3.63, 3.8) is 0 Å². The lowest BCUT2D eigenvalue weighted by Gasteiger charge is -2.37. The van der Waals surface area contributed by atoms with E-state index in [9.17, 15) is 5.11 Å². The lowest BCUT2D eigenvalue weighted by atomic mass is 10.0. The first-order valence-electron chi connectivity index (χ1n) is 6.77. The zero-order chi connectivity index (χ0) is 13.1. The Morgan fingerprint density at radius 2 is 1.94 bits per heavy atom. The minimum Gasteiger partial charge on any atom is -0.389 e. The Morgan fingerprint density at radius 3 is 2.50 bits per heavy atom. The van der Waals surface area contributed by atoms with E-state index in [-0.39, 0.29) is 6.10 Å². The maximum atomic E-state index is 9.52. The summed E-state index contributed by atoms with van der Waals surface area (Å²) in [6.07, 6.45) is 2.16. The van der Waals surface area contributed by atoms with E-state index in [1.54, 1.807) is 6.92 Å². The molecular weight excluding hydrogens is 224 g/mol. The normalized spacial score (nSPS) is 22.3. The molecule has 1 N–H and O–H groups in total. The van der Waals surface area contributed by atoms with Crippen LogP contribution in [0.3, 0.4) is 0 Å². The van der Waals surface area contributed by atoms with Crippen molar-refractivity contribution in [3.05, 3.63) is 29.8 Å². The number of hydrogen-bond acceptors (Lipinski definition) is 3. The summed E-state index contributed by atoms with van der Waals surface area (Å²) in [6.45, 7) is 4.04. The first-order chi connectivity index (χ1) is 8.58. The first kappa shape index (κ1) is 13.4. The predicted octanol–water partition coefficient (Wildman–Crippen LogP) is 2.27. The molecule has 3 nitrogen and oxygen atoms in total. The van der Waals surface area contributed by atoms with Gasteiger partial charge in [0.2, 0.25) is 0 Å². The number of benzene rings is 1. The van der Waals surface area contributed by atoms with E-state index in [4.69, 9.17) is 0 Å². The molecule has 0 bridgehead atoms. The number of rotatable bonds is 3. The van der Waals surface area contributed by atoms with E-state index in [0.717, 1.165) is 18.7 Å². The van der Waals surface area contributed by atoms with Crippen molar-refractivity contribution in [1.82, 2.24) is 4.90 Å². The van der Waals surface area contributed by atoms with Crippen LogP contribution in [0.25, 0.3) is 0 Å². The average molecular weight is 248 g/mol. The summed E-state index contributed by atoms with van der Waals surface area (Å²) in [6, 6.07) is 8.95. The van der Waals surface area contributed by atoms with Crippen LogP contribution in [0.5, 0.6) is 0 Å². The fourth-order valence-electron chi connectivity index (χ4n) is 2.57. The molecule has 3 heteroatoms. The third-order valence-corrected chi connectivity index (χ3v) is 3.87. The third-order valence-electron chi connectivity index (χ3n) is 3.87. The summed E-state index contributed by atoms with van der Waals surface area (Å²) in [5.41, 5.74) is 2.26. The molecule has 0 spiro atoms. The Balaban J connectivity index is 2.06. The second-order valence-electron chi connectivity index (χ2n) is 5.47. The van der Waals surface area contributed by atoms with Gasteiger partial charge in [0.05, 0.1) is 6.10 Å². The highest BCUT2D eigenvalue weighted by Gasteiger charge is 2.21. The van der Waals surface area contributed by atoms with Crippen molar-refractivity contribution in [2.75, 3.05) is 32.1 Å². The van der Waals surface area contributed by atoms with Gasteiger partial charge in [-0.25, -0.2) is 0 Å². The number of aliphatic hydroxyl groups is 1. The number of aliphatic hydroxyl groups excluding tert-OH is 1. The van der Waals surface area contributed by atoms with Gasteiger partial charge in [0.15, 0.2) is 0 Å². The van der Waals surface area contributed by atoms with Crippen molar-refractivity contribution in [2.24, 2.45) is 0 Å². The third kappa shape index (κ3) is 3.03. The SMILES string of the molecule is C[C@H](O)c1ccc(N2CCCC(N(C)C)C2)cc1. The van der Waals surface area contributed by atoms with Crippen molar-refractivity contribution >= 4 is 5.69 Å². The molecule has 1 saturated heterocycles. The van der Waals surface area contributed by atoms with Gasteiger partial charge in [-0.05, 0) is 51.6 Å². The van der Waals surface area contributed by atoms with Crippen molar-refractivity contribution < 1.29 is 5.11 Å². The molecule has 0 saturated carbocycles. The Morgan fingerprint density at radius 1 is 1.28 bits per heavy atom. The van der Waals surface area contributed by atoms with E-state index in [2.05, 4.69) is 36.0 Å². The number of nitrogens with zero attached hydrogens (tertiary/aromatic N) is 2. The molecule has 0 aliphatic carbocycles. The van der Waals surface area contributed by atoms with E-state index >= 15 is 0 Å². The Hall–Kier alpha value is -1.06. The highest BCUT2D eigenvalue weighted by molar-refractivity contribution is 5.48. The highest BCUT2D eigenvalue weighted by atomic mass is 16.3. The summed E-state index contributed by atoms with van der Waals surface area (Å²) in [4.78, 5) is 4.76. The van der Waals surface area contributed by atoms with E-state index in [1.807, 2.05) is 12.1 Å². The lowest BCUT2D eigenvalue weighted by Crippen LogP contribution is -2.45. The van der Waals surface area contributed by atoms with Crippen LogP contribution < -0.4 is 4.90 Å². The molecule has 2 rings (SSSR count). The smallest absolute Gasteiger partial charge is 0.0761 e. The summed E-state index contributed by atoms with van der Waals surface area (Å²) in [5.74, 6) is 0. The molecule has 100 valence electrons. The number of anilines is 1. The molecule has 0 aromatic heterocycles. The zero-order valence-electron chi connectivity index (χ0n) is 11.6. The molecular formula is C15H24N2O. The van der Waals surface area contributed by atoms with E-state index in [1.165, 1.54) is 18.5 Å². The topological polar surface area (TPSA) is 26.7 Å². The summed E-state index contributed by atoms with van der Waals surface area (Å²) < 4.78 is 0. The lowest BCUT2D eigenvalue weighted by molar-refractivity contribution is 0.199. The minimum atomic E-state index is -0.380. The van der Waals surface area contributed by atoms with Crippen LogP contribution in [-0.4, -0.2) is 43.2 Å². The van der Waals surface area contributed by atoms with Gasteiger partial charge in [-0.15, -0.1) is 0 Å². The van der Waals surface area contributed by atoms with Gasteiger partial charge in [0.25, 0.3) is 0 Å². The van der Waals surface area contributed by atoms with Gasteiger partial charge in [0.1, 0.15) is 0 Å². The van der Waals surface area contributed by atoms with E-state index in [0.29, 0.717) is 6.04 Å². The number of hydrogen-bond donors (Lipinski definition) is 1. The van der Waals surface area contributed by atoms with Crippen molar-refractivity contribution in [2.45, 2.75) is 31.9 Å². The molecule has 1 aliphatic heterocycles. The Labute approximate surface area is 110 Å². The van der Waals surface area contributed by atoms with Gasteiger partial charge in [0, 0.05) is 24.8 Å². The molecule has 2 atom stereocenters. The summed E-state index contributed by atoms with van der Waals surface area (Å²) in [7, 11) is 4.31. The predicted molar refractivity (Wildman–Crippen MR) is 76.0 cm³/mol. The van der Waals surface area contributed by atoms with E-state index < -0.39 is 0 Å². The Bertz CT molecular complexity index is 373. The molecule has 1 unspecified atom stereocenters. The molecule has 1 fully saturated rings. The largest absolute Gasteiger partial charge is 0.389 e. The molecule has 1 aromatic rings. The van der Waals surface area contributed by atoms with Crippen LogP contribution >= 0.6 is 0 Å². The van der Waals surface area contributed by atoms with Crippen molar-refractivity contribution in [1.29, 1.82) is 0 Å². The summed E-state index contributed by atoms with van der Waals surface area (Å²) in [5, 5.41) is 9.52. The molecule has 0 radical (unpaired) electrons. The minimum absolute atomic E-state index is 0.380.